The Balaban J connectivity index is 2.13. The predicted octanol–water partition coefficient (Wildman–Crippen LogP) is 4.05. The molecule has 0 aliphatic heterocycles. The van der Waals surface area contributed by atoms with E-state index in [4.69, 9.17) is 11.6 Å². The monoisotopic (exact) mass is 305 g/mol. The lowest BCUT2D eigenvalue weighted by Crippen LogP contribution is -2.23. The third kappa shape index (κ3) is 4.58. The van der Waals surface area contributed by atoms with E-state index >= 15 is 0 Å². The molecule has 3 nitrogen and oxygen atoms in total. The molecule has 1 N–H and O–H groups in total. The van der Waals surface area contributed by atoms with Crippen LogP contribution in [0, 0.1) is 0 Å². The van der Waals surface area contributed by atoms with E-state index in [1.807, 2.05) is 16.8 Å². The quantitative estimate of drug-likeness (QED) is 0.836. The van der Waals surface area contributed by atoms with Crippen LogP contribution in [0.5, 0.6) is 0 Å². The molecule has 0 amide bonds. The molecule has 1 heterocycles. The first-order chi connectivity index (χ1) is 10.1. The lowest BCUT2D eigenvalue weighted by atomic mass is 9.94. The van der Waals surface area contributed by atoms with E-state index < -0.39 is 0 Å². The van der Waals surface area contributed by atoms with Crippen LogP contribution in [0.1, 0.15) is 44.0 Å². The Hall–Kier alpha value is -1.32. The molecule has 114 valence electrons. The van der Waals surface area contributed by atoms with Crippen LogP contribution >= 0.6 is 11.6 Å². The molecular formula is C17H24ClN3. The van der Waals surface area contributed by atoms with Gasteiger partial charge in [0, 0.05) is 29.7 Å². The van der Waals surface area contributed by atoms with Gasteiger partial charge in [-0.25, -0.2) is 0 Å². The molecule has 1 aromatic heterocycles. The van der Waals surface area contributed by atoms with E-state index in [0.717, 1.165) is 30.2 Å². The van der Waals surface area contributed by atoms with Gasteiger partial charge in [0.1, 0.15) is 0 Å². The van der Waals surface area contributed by atoms with Crippen LogP contribution < -0.4 is 5.32 Å². The largest absolute Gasteiger partial charge is 0.316 e. The Morgan fingerprint density at radius 3 is 2.48 bits per heavy atom. The maximum absolute atomic E-state index is 5.99. The van der Waals surface area contributed by atoms with Crippen LogP contribution in [0.25, 0.3) is 0 Å². The highest BCUT2D eigenvalue weighted by molar-refractivity contribution is 6.30. The van der Waals surface area contributed by atoms with E-state index in [-0.39, 0.29) is 0 Å². The molecule has 2 aromatic rings. The predicted molar refractivity (Wildman–Crippen MR) is 89.1 cm³/mol. The van der Waals surface area contributed by atoms with Crippen molar-refractivity contribution < 1.29 is 0 Å². The van der Waals surface area contributed by atoms with Crippen LogP contribution in [0.2, 0.25) is 5.02 Å². The summed E-state index contributed by atoms with van der Waals surface area (Å²) in [4.78, 5) is 0. The van der Waals surface area contributed by atoms with Gasteiger partial charge >= 0.3 is 0 Å². The summed E-state index contributed by atoms with van der Waals surface area (Å²) >= 11 is 5.99. The molecule has 0 spiro atoms. The van der Waals surface area contributed by atoms with Crippen molar-refractivity contribution in [2.24, 2.45) is 0 Å². The summed E-state index contributed by atoms with van der Waals surface area (Å²) in [6, 6.07) is 10.7. The molecule has 21 heavy (non-hydrogen) atoms. The first-order valence-electron chi connectivity index (χ1n) is 7.60. The smallest absolute Gasteiger partial charge is 0.0631 e. The highest BCUT2D eigenvalue weighted by atomic mass is 35.5. The minimum atomic E-state index is 0.404. The molecule has 0 fully saturated rings. The lowest BCUT2D eigenvalue weighted by Gasteiger charge is -2.17. The average molecular weight is 306 g/mol. The minimum Gasteiger partial charge on any atom is -0.316 e. The summed E-state index contributed by atoms with van der Waals surface area (Å²) < 4.78 is 2.02. The number of benzene rings is 1. The van der Waals surface area contributed by atoms with E-state index in [1.54, 1.807) is 0 Å². The third-order valence-corrected chi connectivity index (χ3v) is 3.88. The van der Waals surface area contributed by atoms with Gasteiger partial charge in [-0.2, -0.15) is 5.10 Å². The molecule has 1 atom stereocenters. The molecule has 0 aliphatic rings. The van der Waals surface area contributed by atoms with Crippen LogP contribution in [-0.2, 0) is 6.42 Å². The van der Waals surface area contributed by atoms with Gasteiger partial charge < -0.3 is 5.32 Å². The van der Waals surface area contributed by atoms with Crippen molar-refractivity contribution in [1.29, 1.82) is 0 Å². The van der Waals surface area contributed by atoms with Crippen molar-refractivity contribution in [3.05, 3.63) is 52.8 Å². The van der Waals surface area contributed by atoms with Crippen molar-refractivity contribution in [3.8, 4) is 0 Å². The van der Waals surface area contributed by atoms with Gasteiger partial charge in [-0.15, -0.1) is 0 Å². The summed E-state index contributed by atoms with van der Waals surface area (Å²) in [5.74, 6) is 0.415. The maximum atomic E-state index is 5.99. The molecule has 1 aromatic carbocycles. The molecular weight excluding hydrogens is 282 g/mol. The normalized spacial score (nSPS) is 12.8. The lowest BCUT2D eigenvalue weighted by molar-refractivity contribution is 0.518. The van der Waals surface area contributed by atoms with Crippen molar-refractivity contribution in [3.63, 3.8) is 0 Å². The molecule has 2 rings (SSSR count). The van der Waals surface area contributed by atoms with Crippen molar-refractivity contribution in [2.75, 3.05) is 13.1 Å². The third-order valence-electron chi connectivity index (χ3n) is 3.63. The van der Waals surface area contributed by atoms with E-state index in [2.05, 4.69) is 55.6 Å². The second-order valence-electron chi connectivity index (χ2n) is 5.64. The number of aromatic nitrogens is 2. The SMILES string of the molecule is CCNCC(Cc1ccn(C(C)C)n1)c1ccc(Cl)cc1. The number of rotatable bonds is 7. The summed E-state index contributed by atoms with van der Waals surface area (Å²) in [6.07, 6.45) is 3.00. The van der Waals surface area contributed by atoms with Crippen LogP contribution in [0.15, 0.2) is 36.5 Å². The Morgan fingerprint density at radius 2 is 1.90 bits per heavy atom. The van der Waals surface area contributed by atoms with Gasteiger partial charge in [0.2, 0.25) is 0 Å². The topological polar surface area (TPSA) is 29.9 Å². The second kappa shape index (κ2) is 7.62. The Bertz CT molecular complexity index is 545. The van der Waals surface area contributed by atoms with Gasteiger partial charge in [-0.1, -0.05) is 30.7 Å². The summed E-state index contributed by atoms with van der Waals surface area (Å²) in [5.41, 5.74) is 2.45. The fourth-order valence-corrected chi connectivity index (χ4v) is 2.51. The first-order valence-corrected chi connectivity index (χ1v) is 7.98. The van der Waals surface area contributed by atoms with Gasteiger partial charge in [-0.3, -0.25) is 4.68 Å². The molecule has 1 unspecified atom stereocenters. The zero-order valence-electron chi connectivity index (χ0n) is 13.0. The van der Waals surface area contributed by atoms with E-state index in [0.29, 0.717) is 12.0 Å². The molecule has 0 aliphatic carbocycles. The van der Waals surface area contributed by atoms with Gasteiger partial charge in [-0.05, 0) is 50.6 Å². The van der Waals surface area contributed by atoms with Crippen molar-refractivity contribution in [1.82, 2.24) is 15.1 Å². The Morgan fingerprint density at radius 1 is 1.19 bits per heavy atom. The van der Waals surface area contributed by atoms with Crippen LogP contribution in [0.4, 0.5) is 0 Å². The highest BCUT2D eigenvalue weighted by Crippen LogP contribution is 2.22. The number of nitrogens with one attached hydrogen (secondary N) is 1. The zero-order chi connectivity index (χ0) is 15.2. The summed E-state index contributed by atoms with van der Waals surface area (Å²) in [6.45, 7) is 8.35. The number of hydrogen-bond donors (Lipinski definition) is 1. The standard InChI is InChI=1S/C17H24ClN3/c1-4-19-12-15(14-5-7-16(18)8-6-14)11-17-9-10-21(20-17)13(2)3/h5-10,13,15,19H,4,11-12H2,1-3H3. The number of halogens is 1. The molecule has 0 radical (unpaired) electrons. The van der Waals surface area contributed by atoms with E-state index in [1.165, 1.54) is 5.56 Å². The van der Waals surface area contributed by atoms with Crippen molar-refractivity contribution >= 4 is 11.6 Å². The van der Waals surface area contributed by atoms with Gasteiger partial charge in [0.25, 0.3) is 0 Å². The zero-order valence-corrected chi connectivity index (χ0v) is 13.8. The second-order valence-corrected chi connectivity index (χ2v) is 6.08. The summed E-state index contributed by atoms with van der Waals surface area (Å²) in [5, 5.41) is 8.89. The number of nitrogens with zero attached hydrogens (tertiary/aromatic N) is 2. The summed E-state index contributed by atoms with van der Waals surface area (Å²) in [7, 11) is 0. The average Bonchev–Trinajstić information content (AvgIpc) is 2.93. The Labute approximate surface area is 132 Å². The van der Waals surface area contributed by atoms with Gasteiger partial charge in [0.15, 0.2) is 0 Å². The van der Waals surface area contributed by atoms with Crippen LogP contribution in [0.3, 0.4) is 0 Å². The maximum Gasteiger partial charge on any atom is 0.0631 e. The number of hydrogen-bond acceptors (Lipinski definition) is 2. The minimum absolute atomic E-state index is 0.404. The molecule has 0 saturated carbocycles. The Kier molecular flexibility index (Phi) is 5.83. The highest BCUT2D eigenvalue weighted by Gasteiger charge is 2.14. The van der Waals surface area contributed by atoms with Crippen molar-refractivity contribution in [2.45, 2.75) is 39.2 Å². The number of likely N-dealkylation sites (N-methyl/N-ethyl adjacent to an activating group) is 1. The first kappa shape index (κ1) is 16.1. The molecule has 4 heteroatoms. The fourth-order valence-electron chi connectivity index (χ4n) is 2.39. The van der Waals surface area contributed by atoms with E-state index in [9.17, 15) is 0 Å². The van der Waals surface area contributed by atoms with Crippen LogP contribution in [-0.4, -0.2) is 22.9 Å². The molecule has 0 bridgehead atoms. The molecule has 0 saturated heterocycles. The van der Waals surface area contributed by atoms with Gasteiger partial charge in [0.05, 0.1) is 5.69 Å². The fraction of sp³-hybridized carbons (Fsp3) is 0.471.